The molecule has 0 aromatic rings. The Morgan fingerprint density at radius 2 is 1.36 bits per heavy atom. The molecular formula is C7H14N2O2. The van der Waals surface area contributed by atoms with Gasteiger partial charge in [-0.05, 0) is 12.8 Å². The van der Waals surface area contributed by atoms with E-state index >= 15 is 0 Å². The molecule has 2 aliphatic rings. The number of nitrogens with zero attached hydrogens (tertiary/aromatic N) is 2. The van der Waals surface area contributed by atoms with Crippen molar-refractivity contribution in [2.75, 3.05) is 6.67 Å². The van der Waals surface area contributed by atoms with E-state index in [1.807, 2.05) is 0 Å². The van der Waals surface area contributed by atoms with E-state index in [2.05, 4.69) is 0 Å². The Kier molecular flexibility index (Phi) is 1.85. The molecule has 0 bridgehead atoms. The van der Waals surface area contributed by atoms with Crippen LogP contribution in [0, 0.1) is 0 Å². The van der Waals surface area contributed by atoms with Crippen LogP contribution in [0.25, 0.3) is 0 Å². The summed E-state index contributed by atoms with van der Waals surface area (Å²) in [5, 5.41) is 21.2. The van der Waals surface area contributed by atoms with Crippen molar-refractivity contribution in [2.45, 2.75) is 37.8 Å². The van der Waals surface area contributed by atoms with E-state index in [-0.39, 0.29) is 18.8 Å². The molecule has 0 unspecified atom stereocenters. The predicted octanol–water partition coefficient (Wildman–Crippen LogP) is 0.651. The van der Waals surface area contributed by atoms with Crippen LogP contribution in [0.1, 0.15) is 25.7 Å². The zero-order valence-electron chi connectivity index (χ0n) is 6.48. The highest BCUT2D eigenvalue weighted by Crippen LogP contribution is 2.29. The fourth-order valence-electron chi connectivity index (χ4n) is 2.15. The van der Waals surface area contributed by atoms with E-state index < -0.39 is 0 Å². The number of fused-ring (bicyclic) bond motifs is 1. The minimum atomic E-state index is 0.175. The number of hydroxylamine groups is 4. The first-order valence-corrected chi connectivity index (χ1v) is 4.20. The van der Waals surface area contributed by atoms with Crippen molar-refractivity contribution in [1.82, 2.24) is 10.1 Å². The van der Waals surface area contributed by atoms with E-state index in [4.69, 9.17) is 0 Å². The van der Waals surface area contributed by atoms with Crippen LogP contribution >= 0.6 is 0 Å². The molecular weight excluding hydrogens is 144 g/mol. The van der Waals surface area contributed by atoms with Crippen molar-refractivity contribution in [3.8, 4) is 0 Å². The molecule has 1 saturated carbocycles. The van der Waals surface area contributed by atoms with Crippen LogP contribution < -0.4 is 0 Å². The molecule has 2 atom stereocenters. The summed E-state index contributed by atoms with van der Waals surface area (Å²) in [6.07, 6.45) is 4.37. The van der Waals surface area contributed by atoms with Gasteiger partial charge in [0.1, 0.15) is 6.67 Å². The van der Waals surface area contributed by atoms with E-state index in [0.717, 1.165) is 12.8 Å². The normalized spacial score (nSPS) is 40.9. The Hall–Kier alpha value is -0.160. The topological polar surface area (TPSA) is 46.9 Å². The quantitative estimate of drug-likeness (QED) is 0.543. The smallest absolute Gasteiger partial charge is 0.100 e. The molecule has 2 rings (SSSR count). The first kappa shape index (κ1) is 7.49. The molecule has 0 spiro atoms. The largest absolute Gasteiger partial charge is 0.312 e. The van der Waals surface area contributed by atoms with Crippen LogP contribution in [-0.2, 0) is 0 Å². The van der Waals surface area contributed by atoms with Crippen LogP contribution in [0.2, 0.25) is 0 Å². The number of hydrogen-bond donors (Lipinski definition) is 2. The van der Waals surface area contributed by atoms with Gasteiger partial charge in [-0.3, -0.25) is 0 Å². The van der Waals surface area contributed by atoms with Crippen molar-refractivity contribution in [1.29, 1.82) is 0 Å². The van der Waals surface area contributed by atoms with Gasteiger partial charge in [0.05, 0.1) is 12.1 Å². The van der Waals surface area contributed by atoms with E-state index in [0.29, 0.717) is 0 Å². The van der Waals surface area contributed by atoms with Gasteiger partial charge in [-0.1, -0.05) is 12.8 Å². The highest BCUT2D eigenvalue weighted by molar-refractivity contribution is 4.88. The van der Waals surface area contributed by atoms with Gasteiger partial charge < -0.3 is 10.4 Å². The van der Waals surface area contributed by atoms with Gasteiger partial charge in [0.15, 0.2) is 0 Å². The van der Waals surface area contributed by atoms with Crippen LogP contribution in [0.15, 0.2) is 0 Å². The van der Waals surface area contributed by atoms with Crippen LogP contribution in [0.3, 0.4) is 0 Å². The van der Waals surface area contributed by atoms with Gasteiger partial charge in [0.2, 0.25) is 0 Å². The van der Waals surface area contributed by atoms with Crippen molar-refractivity contribution in [2.24, 2.45) is 0 Å². The molecule has 0 amide bonds. The van der Waals surface area contributed by atoms with Crippen molar-refractivity contribution >= 4 is 0 Å². The van der Waals surface area contributed by atoms with Crippen LogP contribution in [0.5, 0.6) is 0 Å². The maximum Gasteiger partial charge on any atom is 0.100 e. The van der Waals surface area contributed by atoms with Gasteiger partial charge in [-0.15, -0.1) is 0 Å². The molecule has 1 heterocycles. The van der Waals surface area contributed by atoms with Crippen LogP contribution in [-0.4, -0.2) is 39.3 Å². The summed E-state index contributed by atoms with van der Waals surface area (Å²) >= 11 is 0. The fourth-order valence-corrected chi connectivity index (χ4v) is 2.15. The average molecular weight is 158 g/mol. The predicted molar refractivity (Wildman–Crippen MR) is 38.2 cm³/mol. The highest BCUT2D eigenvalue weighted by atomic mass is 16.6. The summed E-state index contributed by atoms with van der Waals surface area (Å²) in [4.78, 5) is 0. The Balaban J connectivity index is 2.07. The molecule has 64 valence electrons. The van der Waals surface area contributed by atoms with E-state index in [1.165, 1.54) is 23.0 Å². The molecule has 0 aromatic heterocycles. The van der Waals surface area contributed by atoms with Crippen molar-refractivity contribution < 1.29 is 10.4 Å². The van der Waals surface area contributed by atoms with Gasteiger partial charge in [0, 0.05) is 0 Å². The van der Waals surface area contributed by atoms with E-state index in [1.54, 1.807) is 0 Å². The third-order valence-corrected chi connectivity index (χ3v) is 2.75. The van der Waals surface area contributed by atoms with Gasteiger partial charge >= 0.3 is 0 Å². The Bertz CT molecular complexity index is 137. The zero-order valence-corrected chi connectivity index (χ0v) is 6.48. The Morgan fingerprint density at radius 1 is 0.909 bits per heavy atom. The van der Waals surface area contributed by atoms with E-state index in [9.17, 15) is 10.4 Å². The van der Waals surface area contributed by atoms with Crippen molar-refractivity contribution in [3.63, 3.8) is 0 Å². The Labute approximate surface area is 65.9 Å². The molecule has 1 saturated heterocycles. The van der Waals surface area contributed by atoms with Gasteiger partial charge in [-0.2, -0.15) is 10.1 Å². The molecule has 11 heavy (non-hydrogen) atoms. The lowest BCUT2D eigenvalue weighted by Crippen LogP contribution is -2.37. The standard InChI is InChI=1S/C7H14N2O2/c10-8-5-9(11)7-4-2-1-3-6(7)8/h6-7,10-11H,1-5H2/t6-,7-/m1/s1. The molecule has 4 nitrogen and oxygen atoms in total. The maximum absolute atomic E-state index is 9.33. The lowest BCUT2D eigenvalue weighted by Gasteiger charge is -2.27. The molecule has 0 aromatic carbocycles. The maximum atomic E-state index is 9.33. The average Bonchev–Trinajstić information content (AvgIpc) is 2.30. The summed E-state index contributed by atoms with van der Waals surface area (Å²) < 4.78 is 0. The SMILES string of the molecule is ON1CN(O)[C@@H]2CCCC[C@H]21. The molecule has 2 N–H and O–H groups in total. The zero-order chi connectivity index (χ0) is 7.84. The molecule has 2 fully saturated rings. The van der Waals surface area contributed by atoms with Crippen LogP contribution in [0.4, 0.5) is 0 Å². The third kappa shape index (κ3) is 1.16. The monoisotopic (exact) mass is 158 g/mol. The number of hydrogen-bond acceptors (Lipinski definition) is 4. The second-order valence-corrected chi connectivity index (χ2v) is 3.44. The summed E-state index contributed by atoms with van der Waals surface area (Å²) in [6.45, 7) is 0.287. The highest BCUT2D eigenvalue weighted by Gasteiger charge is 2.40. The molecule has 4 heteroatoms. The first-order chi connectivity index (χ1) is 5.29. The molecule has 1 aliphatic carbocycles. The second kappa shape index (κ2) is 2.71. The first-order valence-electron chi connectivity index (χ1n) is 4.20. The summed E-state index contributed by atoms with van der Waals surface area (Å²) in [5.41, 5.74) is 0. The second-order valence-electron chi connectivity index (χ2n) is 3.44. The Morgan fingerprint density at radius 3 is 1.82 bits per heavy atom. The van der Waals surface area contributed by atoms with Crippen molar-refractivity contribution in [3.05, 3.63) is 0 Å². The molecule has 1 aliphatic heterocycles. The fraction of sp³-hybridized carbons (Fsp3) is 1.00. The minimum absolute atomic E-state index is 0.175. The molecule has 0 radical (unpaired) electrons. The number of rotatable bonds is 0. The lowest BCUT2D eigenvalue weighted by atomic mass is 9.91. The minimum Gasteiger partial charge on any atom is -0.312 e. The summed E-state index contributed by atoms with van der Waals surface area (Å²) in [6, 6.07) is 0.350. The summed E-state index contributed by atoms with van der Waals surface area (Å²) in [5.74, 6) is 0. The van der Waals surface area contributed by atoms with Gasteiger partial charge in [-0.25, -0.2) is 0 Å². The summed E-state index contributed by atoms with van der Waals surface area (Å²) in [7, 11) is 0. The lowest BCUT2D eigenvalue weighted by molar-refractivity contribution is -0.156. The third-order valence-electron chi connectivity index (χ3n) is 2.75. The van der Waals surface area contributed by atoms with Gasteiger partial charge in [0.25, 0.3) is 0 Å².